The normalized spacial score (nSPS) is 14.4. The predicted molar refractivity (Wildman–Crippen MR) is 112 cm³/mol. The third-order valence-corrected chi connectivity index (χ3v) is 7.12. The zero-order valence-electron chi connectivity index (χ0n) is 15.1. The zero-order valence-corrected chi connectivity index (χ0v) is 17.5. The molecule has 0 aliphatic heterocycles. The van der Waals surface area contributed by atoms with Crippen molar-refractivity contribution in [2.75, 3.05) is 32.3 Å². The first-order valence-corrected chi connectivity index (χ1v) is 11.1. The summed E-state index contributed by atoms with van der Waals surface area (Å²) in [5.41, 5.74) is 0.775. The third kappa shape index (κ3) is 5.82. The van der Waals surface area contributed by atoms with Gasteiger partial charge in [0.2, 0.25) is 0 Å². The number of benzene rings is 1. The fraction of sp³-hybridized carbons (Fsp3) is 0.500. The lowest BCUT2D eigenvalue weighted by Gasteiger charge is -2.31. The number of nitrogens with zero attached hydrogens (tertiary/aromatic N) is 2. The van der Waals surface area contributed by atoms with Crippen molar-refractivity contribution < 1.29 is 13.2 Å². The summed E-state index contributed by atoms with van der Waals surface area (Å²) < 4.78 is 24.7. The summed E-state index contributed by atoms with van der Waals surface area (Å²) in [6.07, 6.45) is 3.27. The maximum Gasteiger partial charge on any atom is 0.175 e. The molecule has 8 heteroatoms. The standard InChI is InChI=1S/C18H24N2O3S3/c1-19(17(24)15-9-6-10-15)11-16(21)12-26(22,23)13-20(2)18(25)14-7-4-3-5-8-14/h3-5,7-8,15H,6,9-13H2,1-2H3. The van der Waals surface area contributed by atoms with Gasteiger partial charge in [-0.3, -0.25) is 4.79 Å². The van der Waals surface area contributed by atoms with Gasteiger partial charge < -0.3 is 9.80 Å². The van der Waals surface area contributed by atoms with Crippen molar-refractivity contribution in [2.24, 2.45) is 5.92 Å². The number of thiocarbonyl (C=S) groups is 2. The monoisotopic (exact) mass is 412 g/mol. The van der Waals surface area contributed by atoms with E-state index in [1.807, 2.05) is 30.3 Å². The highest BCUT2D eigenvalue weighted by atomic mass is 32.2. The van der Waals surface area contributed by atoms with E-state index in [0.29, 0.717) is 10.9 Å². The Kier molecular flexibility index (Phi) is 7.25. The fourth-order valence-corrected chi connectivity index (χ4v) is 4.78. The molecule has 0 heterocycles. The molecule has 0 spiro atoms. The predicted octanol–water partition coefficient (Wildman–Crippen LogP) is 2.29. The molecule has 0 aromatic heterocycles. The van der Waals surface area contributed by atoms with Crippen molar-refractivity contribution in [2.45, 2.75) is 19.3 Å². The van der Waals surface area contributed by atoms with Crippen molar-refractivity contribution in [3.63, 3.8) is 0 Å². The first-order valence-electron chi connectivity index (χ1n) is 8.47. The van der Waals surface area contributed by atoms with Gasteiger partial charge in [-0.05, 0) is 12.8 Å². The molecule has 1 saturated carbocycles. The third-order valence-electron chi connectivity index (χ3n) is 4.38. The van der Waals surface area contributed by atoms with E-state index in [2.05, 4.69) is 0 Å². The maximum atomic E-state index is 12.4. The summed E-state index contributed by atoms with van der Waals surface area (Å²) in [4.78, 5) is 16.6. The molecule has 0 unspecified atom stereocenters. The molecule has 0 bridgehead atoms. The highest BCUT2D eigenvalue weighted by Gasteiger charge is 2.27. The molecule has 0 atom stereocenters. The van der Waals surface area contributed by atoms with E-state index in [0.717, 1.165) is 29.8 Å². The summed E-state index contributed by atoms with van der Waals surface area (Å²) in [6, 6.07) is 9.20. The Bertz CT molecular complexity index is 774. The zero-order chi connectivity index (χ0) is 19.3. The van der Waals surface area contributed by atoms with E-state index < -0.39 is 15.6 Å². The van der Waals surface area contributed by atoms with Crippen molar-refractivity contribution in [3.05, 3.63) is 35.9 Å². The number of hydrogen-bond acceptors (Lipinski definition) is 5. The second kappa shape index (κ2) is 9.01. The van der Waals surface area contributed by atoms with Crippen molar-refractivity contribution in [3.8, 4) is 0 Å². The molecular formula is C18H24N2O3S3. The summed E-state index contributed by atoms with van der Waals surface area (Å²) in [7, 11) is -0.225. The Balaban J connectivity index is 1.87. The van der Waals surface area contributed by atoms with Crippen LogP contribution >= 0.6 is 24.4 Å². The van der Waals surface area contributed by atoms with Crippen molar-refractivity contribution in [1.29, 1.82) is 0 Å². The topological polar surface area (TPSA) is 57.7 Å². The molecule has 5 nitrogen and oxygen atoms in total. The Morgan fingerprint density at radius 1 is 1.12 bits per heavy atom. The number of Topliss-reactive ketones (excluding diaryl/α,β-unsaturated/α-hetero) is 1. The van der Waals surface area contributed by atoms with Crippen LogP contribution in [0.5, 0.6) is 0 Å². The molecule has 142 valence electrons. The number of likely N-dealkylation sites (N-methyl/N-ethyl adjacent to an activating group) is 1. The van der Waals surface area contributed by atoms with Crippen LogP contribution in [0, 0.1) is 5.92 Å². The van der Waals surface area contributed by atoms with E-state index in [-0.39, 0.29) is 18.2 Å². The van der Waals surface area contributed by atoms with Gasteiger partial charge >= 0.3 is 0 Å². The number of carbonyl (C=O) groups excluding carboxylic acids is 1. The van der Waals surface area contributed by atoms with Gasteiger partial charge in [0.1, 0.15) is 16.6 Å². The van der Waals surface area contributed by atoms with Gasteiger partial charge in [-0.1, -0.05) is 61.2 Å². The van der Waals surface area contributed by atoms with Gasteiger partial charge in [0.25, 0.3) is 0 Å². The Morgan fingerprint density at radius 2 is 1.73 bits per heavy atom. The Morgan fingerprint density at radius 3 is 2.27 bits per heavy atom. The SMILES string of the molecule is CN(CS(=O)(=O)CC(=O)CN(C)C(=S)C1CCC1)C(=S)c1ccccc1. The Hall–Kier alpha value is -1.38. The molecule has 1 aliphatic carbocycles. The van der Waals surface area contributed by atoms with Crippen LogP contribution in [0.25, 0.3) is 0 Å². The number of hydrogen-bond donors (Lipinski definition) is 0. The molecule has 0 N–H and O–H groups in total. The van der Waals surface area contributed by atoms with Crippen LogP contribution in [0.1, 0.15) is 24.8 Å². The lowest BCUT2D eigenvalue weighted by Crippen LogP contribution is -2.40. The van der Waals surface area contributed by atoms with Gasteiger partial charge in [-0.15, -0.1) is 0 Å². The lowest BCUT2D eigenvalue weighted by atomic mass is 9.85. The first-order chi connectivity index (χ1) is 12.2. The fourth-order valence-electron chi connectivity index (χ4n) is 2.80. The molecule has 26 heavy (non-hydrogen) atoms. The van der Waals surface area contributed by atoms with Crippen LogP contribution < -0.4 is 0 Å². The summed E-state index contributed by atoms with van der Waals surface area (Å²) >= 11 is 10.7. The second-order valence-electron chi connectivity index (χ2n) is 6.75. The van der Waals surface area contributed by atoms with Crippen LogP contribution in [0.4, 0.5) is 0 Å². The van der Waals surface area contributed by atoms with Gasteiger partial charge in [0, 0.05) is 25.6 Å². The smallest absolute Gasteiger partial charge is 0.175 e. The van der Waals surface area contributed by atoms with E-state index in [1.54, 1.807) is 19.0 Å². The minimum Gasteiger partial charge on any atom is -0.362 e. The van der Waals surface area contributed by atoms with Crippen LogP contribution in [0.2, 0.25) is 0 Å². The first kappa shape index (κ1) is 20.9. The quantitative estimate of drug-likeness (QED) is 0.607. The highest BCUT2D eigenvalue weighted by molar-refractivity contribution is 7.92. The molecule has 1 aliphatic rings. The molecular weight excluding hydrogens is 388 g/mol. The van der Waals surface area contributed by atoms with Crippen LogP contribution in [0.15, 0.2) is 30.3 Å². The summed E-state index contributed by atoms with van der Waals surface area (Å²) in [5, 5.41) is 0. The molecule has 1 aromatic carbocycles. The molecule has 0 amide bonds. The van der Waals surface area contributed by atoms with Gasteiger partial charge in [0.15, 0.2) is 15.6 Å². The highest BCUT2D eigenvalue weighted by Crippen LogP contribution is 2.28. The number of rotatable bonds is 8. The molecule has 1 aromatic rings. The van der Waals surface area contributed by atoms with Crippen LogP contribution in [-0.2, 0) is 14.6 Å². The average Bonchev–Trinajstić information content (AvgIpc) is 2.51. The lowest BCUT2D eigenvalue weighted by molar-refractivity contribution is -0.116. The number of sulfone groups is 1. The van der Waals surface area contributed by atoms with E-state index >= 15 is 0 Å². The van der Waals surface area contributed by atoms with Gasteiger partial charge in [0.05, 0.1) is 11.5 Å². The largest absolute Gasteiger partial charge is 0.362 e. The maximum absolute atomic E-state index is 12.4. The van der Waals surface area contributed by atoms with Gasteiger partial charge in [-0.25, -0.2) is 8.42 Å². The average molecular weight is 413 g/mol. The van der Waals surface area contributed by atoms with Crippen molar-refractivity contribution in [1.82, 2.24) is 9.80 Å². The number of carbonyl (C=O) groups is 1. The van der Waals surface area contributed by atoms with E-state index in [9.17, 15) is 13.2 Å². The van der Waals surface area contributed by atoms with Crippen molar-refractivity contribution >= 4 is 50.0 Å². The van der Waals surface area contributed by atoms with E-state index in [4.69, 9.17) is 24.4 Å². The molecule has 2 rings (SSSR count). The van der Waals surface area contributed by atoms with Gasteiger partial charge in [-0.2, -0.15) is 0 Å². The second-order valence-corrected chi connectivity index (χ2v) is 9.59. The Labute approximate surface area is 166 Å². The minimum absolute atomic E-state index is 0.0292. The van der Waals surface area contributed by atoms with E-state index in [1.165, 1.54) is 4.90 Å². The molecule has 1 fully saturated rings. The summed E-state index contributed by atoms with van der Waals surface area (Å²) in [6.45, 7) is 0.0292. The molecule has 0 radical (unpaired) electrons. The number of ketones is 1. The minimum atomic E-state index is -3.60. The summed E-state index contributed by atoms with van der Waals surface area (Å²) in [5.74, 6) is -0.794. The van der Waals surface area contributed by atoms with Crippen LogP contribution in [0.3, 0.4) is 0 Å². The molecule has 0 saturated heterocycles. The van der Waals surface area contributed by atoms with Crippen LogP contribution in [-0.4, -0.2) is 66.2 Å².